The van der Waals surface area contributed by atoms with Crippen molar-refractivity contribution in [2.24, 2.45) is 0 Å². The third-order valence-corrected chi connectivity index (χ3v) is 10.2. The first-order valence-electron chi connectivity index (χ1n) is 19.0. The average Bonchev–Trinajstić information content (AvgIpc) is 3.15. The summed E-state index contributed by atoms with van der Waals surface area (Å²) in [4.78, 5) is 2.07. The molecule has 4 saturated heterocycles. The van der Waals surface area contributed by atoms with Crippen LogP contribution >= 0.6 is 0 Å². The summed E-state index contributed by atoms with van der Waals surface area (Å²) in [5.41, 5.74) is 0. The van der Waals surface area contributed by atoms with E-state index in [4.69, 9.17) is 37.9 Å². The highest BCUT2D eigenvalue weighted by atomic mass is 16.7. The van der Waals surface area contributed by atoms with Crippen molar-refractivity contribution < 1.29 is 94.1 Å². The van der Waals surface area contributed by atoms with Crippen LogP contribution in [-0.4, -0.2) is 225 Å². The Balaban J connectivity index is 1.40. The average molecular weight is 790 g/mol. The Hall–Kier alpha value is -0.800. The summed E-state index contributed by atoms with van der Waals surface area (Å²) < 4.78 is 45.6. The van der Waals surface area contributed by atoms with Gasteiger partial charge < -0.3 is 94.1 Å². The molecule has 11 N–H and O–H groups in total. The molecule has 20 nitrogen and oxygen atoms in total. The first kappa shape index (κ1) is 45.9. The van der Waals surface area contributed by atoms with Crippen LogP contribution in [0.25, 0.3) is 0 Å². The van der Waals surface area contributed by atoms with E-state index in [0.717, 1.165) is 32.1 Å². The Labute approximate surface area is 314 Å². The van der Waals surface area contributed by atoms with Crippen LogP contribution in [0, 0.1) is 0 Å². The van der Waals surface area contributed by atoms with E-state index >= 15 is 0 Å². The van der Waals surface area contributed by atoms with Gasteiger partial charge in [-0.3, -0.25) is 4.90 Å². The summed E-state index contributed by atoms with van der Waals surface area (Å²) in [6.45, 7) is 2.06. The van der Waals surface area contributed by atoms with Gasteiger partial charge >= 0.3 is 0 Å². The molecule has 9 unspecified atom stereocenters. The van der Waals surface area contributed by atoms with Gasteiger partial charge in [-0.1, -0.05) is 32.6 Å². The van der Waals surface area contributed by atoms with Crippen LogP contribution < -0.4 is 0 Å². The van der Waals surface area contributed by atoms with Crippen molar-refractivity contribution in [1.82, 2.24) is 4.90 Å². The first-order chi connectivity index (χ1) is 25.9. The van der Waals surface area contributed by atoms with Crippen molar-refractivity contribution in [2.45, 2.75) is 156 Å². The zero-order valence-electron chi connectivity index (χ0n) is 30.8. The topological polar surface area (TPSA) is 300 Å². The first-order valence-corrected chi connectivity index (χ1v) is 19.0. The van der Waals surface area contributed by atoms with E-state index < -0.39 is 124 Å². The number of rotatable bonds is 21. The van der Waals surface area contributed by atoms with Crippen molar-refractivity contribution >= 4 is 0 Å². The lowest BCUT2D eigenvalue weighted by Crippen LogP contribution is -2.63. The van der Waals surface area contributed by atoms with E-state index in [-0.39, 0.29) is 32.7 Å². The lowest BCUT2D eigenvalue weighted by atomic mass is 9.97. The van der Waals surface area contributed by atoms with Gasteiger partial charge in [-0.25, -0.2) is 0 Å². The highest BCUT2D eigenvalue weighted by Crippen LogP contribution is 2.31. The molecular formula is C34H63NO19. The molecule has 0 aromatic carbocycles. The summed E-state index contributed by atoms with van der Waals surface area (Å²) in [6.07, 6.45) is -18.1. The zero-order valence-corrected chi connectivity index (χ0v) is 30.8. The second-order valence-electron chi connectivity index (χ2n) is 14.4. The molecule has 0 saturated carbocycles. The van der Waals surface area contributed by atoms with Crippen molar-refractivity contribution in [1.29, 1.82) is 0 Å². The molecule has 0 aliphatic carbocycles. The molecule has 0 aromatic rings. The van der Waals surface area contributed by atoms with Crippen LogP contribution in [0.2, 0.25) is 0 Å². The summed E-state index contributed by atoms with van der Waals surface area (Å²) >= 11 is 0. The zero-order chi connectivity index (χ0) is 39.4. The van der Waals surface area contributed by atoms with Crippen LogP contribution in [0.15, 0.2) is 0 Å². The normalized spacial score (nSPS) is 42.1. The van der Waals surface area contributed by atoms with E-state index in [1.165, 1.54) is 0 Å². The van der Waals surface area contributed by atoms with Crippen molar-refractivity contribution in [3.63, 3.8) is 0 Å². The predicted molar refractivity (Wildman–Crippen MR) is 181 cm³/mol. The smallest absolute Gasteiger partial charge is 0.186 e. The van der Waals surface area contributed by atoms with Gasteiger partial charge in [0.25, 0.3) is 0 Å². The third-order valence-electron chi connectivity index (χ3n) is 10.2. The largest absolute Gasteiger partial charge is 0.394 e. The third kappa shape index (κ3) is 12.9. The van der Waals surface area contributed by atoms with Gasteiger partial charge in [-0.05, 0) is 13.0 Å². The minimum Gasteiger partial charge on any atom is -0.394 e. The maximum atomic E-state index is 11.4. The number of aliphatic hydroxyl groups excluding tert-OH is 11. The minimum atomic E-state index is -1.73. The van der Waals surface area contributed by atoms with Crippen molar-refractivity contribution in [3.8, 4) is 0 Å². The Bertz CT molecular complexity index is 1040. The fraction of sp³-hybridized carbons (Fsp3) is 1.00. The lowest BCUT2D eigenvalue weighted by Gasteiger charge is -2.45. The molecule has 4 fully saturated rings. The predicted octanol–water partition coefficient (Wildman–Crippen LogP) is -4.76. The molecule has 54 heavy (non-hydrogen) atoms. The van der Waals surface area contributed by atoms with Gasteiger partial charge in [0.05, 0.1) is 51.8 Å². The highest BCUT2D eigenvalue weighted by Gasteiger charge is 2.50. The quantitative estimate of drug-likeness (QED) is 0.0487. The van der Waals surface area contributed by atoms with Crippen LogP contribution in [0.5, 0.6) is 0 Å². The molecule has 4 heterocycles. The van der Waals surface area contributed by atoms with Crippen molar-refractivity contribution in [3.05, 3.63) is 0 Å². The number of aliphatic hydroxyl groups is 11. The molecule has 4 aliphatic rings. The molecule has 0 aromatic heterocycles. The molecule has 4 rings (SSSR count). The van der Waals surface area contributed by atoms with E-state index in [2.05, 4.69) is 11.8 Å². The van der Waals surface area contributed by atoms with Crippen LogP contribution in [0.1, 0.15) is 51.9 Å². The van der Waals surface area contributed by atoms with Gasteiger partial charge in [-0.15, -0.1) is 0 Å². The lowest BCUT2D eigenvalue weighted by molar-refractivity contribution is -0.353. The number of hydrogen-bond acceptors (Lipinski definition) is 20. The molecule has 0 bridgehead atoms. The second kappa shape index (κ2) is 23.0. The van der Waals surface area contributed by atoms with E-state index in [9.17, 15) is 56.2 Å². The highest BCUT2D eigenvalue weighted by molar-refractivity contribution is 4.93. The van der Waals surface area contributed by atoms with E-state index in [1.807, 2.05) is 0 Å². The number of ether oxygens (including phenoxy) is 8. The maximum Gasteiger partial charge on any atom is 0.186 e. The van der Waals surface area contributed by atoms with Crippen molar-refractivity contribution in [2.75, 3.05) is 59.3 Å². The van der Waals surface area contributed by atoms with Crippen LogP contribution in [0.4, 0.5) is 0 Å². The molecular weight excluding hydrogens is 726 g/mol. The Morgan fingerprint density at radius 2 is 1.20 bits per heavy atom. The number of hydrogen-bond donors (Lipinski definition) is 11. The summed E-state index contributed by atoms with van der Waals surface area (Å²) in [5.74, 6) is 0. The molecule has 0 amide bonds. The number of nitrogens with zero attached hydrogens (tertiary/aromatic N) is 1. The van der Waals surface area contributed by atoms with Gasteiger partial charge in [0.2, 0.25) is 0 Å². The standard InChI is InChI=1S/C34H63NO19/c1-2-3-4-5-6-7-35(8-10-47-32-20(40)12-18(38)16-49-32)9-11-48-34-30(46)31(54-24-13-19(39)25(41)21(14-36)51-24)27(43)23(53-34)17-50-33-29(45)28(44)26(42)22(15-37)52-33/h18-34,36-46H,2-17H2,1H3/t18-,19?,20?,21?,22?,23?,24+,25-,26+,27+,28?,29?,30?,31?,32-,33-,34-/m0/s1. The van der Waals surface area contributed by atoms with E-state index in [1.54, 1.807) is 0 Å². The van der Waals surface area contributed by atoms with E-state index in [0.29, 0.717) is 19.6 Å². The van der Waals surface area contributed by atoms with Gasteiger partial charge in [0, 0.05) is 25.9 Å². The summed E-state index contributed by atoms with van der Waals surface area (Å²) in [5, 5.41) is 113. The van der Waals surface area contributed by atoms with Gasteiger partial charge in [0.15, 0.2) is 25.2 Å². The Kier molecular flexibility index (Phi) is 19.5. The molecule has 0 radical (unpaired) electrons. The second-order valence-corrected chi connectivity index (χ2v) is 14.4. The maximum absolute atomic E-state index is 11.4. The molecule has 20 heteroatoms. The molecule has 318 valence electrons. The summed E-state index contributed by atoms with van der Waals surface area (Å²) in [7, 11) is 0. The minimum absolute atomic E-state index is 0.0198. The fourth-order valence-corrected chi connectivity index (χ4v) is 6.87. The number of unbranched alkanes of at least 4 members (excludes halogenated alkanes) is 4. The van der Waals surface area contributed by atoms with Gasteiger partial charge in [-0.2, -0.15) is 0 Å². The SMILES string of the molecule is CCCCCCCN(CCO[C@H]1OC[C@@H](O)CC1O)CCO[C@H]1OC(CO[C@H]2OC(CO)[C@@H](O)C(O)C2O)[C@@H](O)C(O[C@@H]2CC(O)[C@H](O)C(CO)O2)C1O. The van der Waals surface area contributed by atoms with Gasteiger partial charge in [0.1, 0.15) is 67.1 Å². The molecule has 0 spiro atoms. The fourth-order valence-electron chi connectivity index (χ4n) is 6.87. The monoisotopic (exact) mass is 789 g/mol. The molecule has 4 aliphatic heterocycles. The molecule has 17 atom stereocenters. The summed E-state index contributed by atoms with van der Waals surface area (Å²) in [6, 6.07) is 0. The van der Waals surface area contributed by atoms with Crippen LogP contribution in [-0.2, 0) is 37.9 Å². The Morgan fingerprint density at radius 1 is 0.574 bits per heavy atom. The van der Waals surface area contributed by atoms with Crippen LogP contribution in [0.3, 0.4) is 0 Å². The Morgan fingerprint density at radius 3 is 1.87 bits per heavy atom.